The average molecular weight is 460 g/mol. The van der Waals surface area contributed by atoms with Crippen molar-refractivity contribution < 1.29 is 9.53 Å². The van der Waals surface area contributed by atoms with Crippen molar-refractivity contribution in [3.63, 3.8) is 0 Å². The Morgan fingerprint density at radius 3 is 2.40 bits per heavy atom. The molecule has 1 saturated heterocycles. The van der Waals surface area contributed by atoms with Gasteiger partial charge in [0.1, 0.15) is 0 Å². The maximum Gasteiger partial charge on any atom is 0.228 e. The first-order valence-corrected chi connectivity index (χ1v) is 10.9. The molecule has 2 aliphatic rings. The third-order valence-electron chi connectivity index (χ3n) is 6.64. The van der Waals surface area contributed by atoms with E-state index in [-0.39, 0.29) is 30.7 Å². The Labute approximate surface area is 194 Å². The van der Waals surface area contributed by atoms with Gasteiger partial charge in [0.25, 0.3) is 0 Å². The predicted molar refractivity (Wildman–Crippen MR) is 128 cm³/mol. The van der Waals surface area contributed by atoms with Crippen LogP contribution in [-0.2, 0) is 22.6 Å². The van der Waals surface area contributed by atoms with Gasteiger partial charge in [-0.3, -0.25) is 9.69 Å². The van der Waals surface area contributed by atoms with Crippen LogP contribution in [0.3, 0.4) is 0 Å². The first-order valence-electron chi connectivity index (χ1n) is 10.9. The summed E-state index contributed by atoms with van der Waals surface area (Å²) in [4.78, 5) is 15.5. The molecule has 1 aliphatic carbocycles. The van der Waals surface area contributed by atoms with E-state index in [0.29, 0.717) is 19.2 Å². The van der Waals surface area contributed by atoms with Crippen LogP contribution < -0.4 is 10.6 Å². The SMILES string of the molecule is COCC1(C(=O)NCc2ccccc2CN(C)C2CCCCC2)CCNCC1.Cl.Cl. The highest BCUT2D eigenvalue weighted by Gasteiger charge is 2.39. The van der Waals surface area contributed by atoms with Crippen LogP contribution in [0.5, 0.6) is 0 Å². The lowest BCUT2D eigenvalue weighted by Gasteiger charge is -2.35. The van der Waals surface area contributed by atoms with Crippen LogP contribution >= 0.6 is 24.8 Å². The second kappa shape index (κ2) is 13.5. The van der Waals surface area contributed by atoms with Crippen LogP contribution in [0.1, 0.15) is 56.1 Å². The molecule has 0 aromatic heterocycles. The van der Waals surface area contributed by atoms with Crippen molar-refractivity contribution >= 4 is 30.7 Å². The zero-order valence-electron chi connectivity index (χ0n) is 18.5. The summed E-state index contributed by atoms with van der Waals surface area (Å²) in [5.74, 6) is 0.131. The van der Waals surface area contributed by atoms with Crippen molar-refractivity contribution in [3.8, 4) is 0 Å². The summed E-state index contributed by atoms with van der Waals surface area (Å²) in [6.45, 7) is 3.78. The van der Waals surface area contributed by atoms with E-state index < -0.39 is 5.41 Å². The summed E-state index contributed by atoms with van der Waals surface area (Å²) in [6.07, 6.45) is 8.36. The molecule has 1 saturated carbocycles. The van der Waals surface area contributed by atoms with E-state index in [1.807, 2.05) is 0 Å². The number of methoxy groups -OCH3 is 1. The summed E-state index contributed by atoms with van der Waals surface area (Å²) in [5.41, 5.74) is 2.15. The van der Waals surface area contributed by atoms with Gasteiger partial charge in [0.15, 0.2) is 0 Å². The fourth-order valence-corrected chi connectivity index (χ4v) is 4.79. The molecule has 30 heavy (non-hydrogen) atoms. The van der Waals surface area contributed by atoms with Crippen molar-refractivity contribution in [2.75, 3.05) is 33.9 Å². The fraction of sp³-hybridized carbons (Fsp3) is 0.696. The molecule has 1 amide bonds. The number of nitrogens with zero attached hydrogens (tertiary/aromatic N) is 1. The smallest absolute Gasteiger partial charge is 0.228 e. The standard InChI is InChI=1S/C23H37N3O2.2ClH/c1-26(21-10-4-3-5-11-21)17-20-9-7-6-8-19(20)16-25-22(27)23(18-28-2)12-14-24-15-13-23;;/h6-9,21,24H,3-5,10-18H2,1-2H3,(H,25,27);2*1H. The van der Waals surface area contributed by atoms with Crippen molar-refractivity contribution in [1.29, 1.82) is 0 Å². The maximum absolute atomic E-state index is 13.0. The van der Waals surface area contributed by atoms with Gasteiger partial charge in [-0.25, -0.2) is 0 Å². The summed E-state index contributed by atoms with van der Waals surface area (Å²) < 4.78 is 5.41. The molecule has 5 nitrogen and oxygen atoms in total. The van der Waals surface area contributed by atoms with Gasteiger partial charge in [0.2, 0.25) is 5.91 Å². The third-order valence-corrected chi connectivity index (χ3v) is 6.64. The molecule has 1 aromatic rings. The number of nitrogens with one attached hydrogen (secondary N) is 2. The Kier molecular flexibility index (Phi) is 12.3. The number of carbonyl (C=O) groups excluding carboxylic acids is 1. The molecule has 172 valence electrons. The number of carbonyl (C=O) groups is 1. The maximum atomic E-state index is 13.0. The van der Waals surface area contributed by atoms with Crippen LogP contribution in [0.4, 0.5) is 0 Å². The second-order valence-corrected chi connectivity index (χ2v) is 8.62. The minimum atomic E-state index is -0.395. The quantitative estimate of drug-likeness (QED) is 0.618. The molecule has 7 heteroatoms. The molecular formula is C23H39Cl2N3O2. The number of benzene rings is 1. The van der Waals surface area contributed by atoms with Crippen molar-refractivity contribution in [2.45, 2.75) is 64.1 Å². The molecule has 0 bridgehead atoms. The van der Waals surface area contributed by atoms with Crippen LogP contribution in [0.25, 0.3) is 0 Å². The topological polar surface area (TPSA) is 53.6 Å². The first-order chi connectivity index (χ1) is 13.6. The third kappa shape index (κ3) is 7.10. The van der Waals surface area contributed by atoms with E-state index in [0.717, 1.165) is 32.5 Å². The molecule has 1 aliphatic heterocycles. The number of hydrogen-bond donors (Lipinski definition) is 2. The van der Waals surface area contributed by atoms with Crippen molar-refractivity contribution in [2.24, 2.45) is 5.41 Å². The molecule has 2 N–H and O–H groups in total. The van der Waals surface area contributed by atoms with Gasteiger partial charge in [-0.1, -0.05) is 43.5 Å². The lowest BCUT2D eigenvalue weighted by Crippen LogP contribution is -2.50. The Hall–Kier alpha value is -0.850. The molecule has 0 atom stereocenters. The molecule has 0 unspecified atom stereocenters. The first kappa shape index (κ1) is 27.2. The van der Waals surface area contributed by atoms with Gasteiger partial charge in [-0.15, -0.1) is 24.8 Å². The number of piperidine rings is 1. The second-order valence-electron chi connectivity index (χ2n) is 8.62. The van der Waals surface area contributed by atoms with Crippen LogP contribution in [0.2, 0.25) is 0 Å². The molecule has 1 aromatic carbocycles. The normalized spacial score (nSPS) is 18.9. The van der Waals surface area contributed by atoms with E-state index in [4.69, 9.17) is 4.74 Å². The van der Waals surface area contributed by atoms with Gasteiger partial charge in [0, 0.05) is 26.2 Å². The van der Waals surface area contributed by atoms with Gasteiger partial charge in [0.05, 0.1) is 12.0 Å². The van der Waals surface area contributed by atoms with Crippen LogP contribution in [0.15, 0.2) is 24.3 Å². The van der Waals surface area contributed by atoms with E-state index in [9.17, 15) is 4.79 Å². The fourth-order valence-electron chi connectivity index (χ4n) is 4.79. The van der Waals surface area contributed by atoms with Crippen molar-refractivity contribution in [1.82, 2.24) is 15.5 Å². The summed E-state index contributed by atoms with van der Waals surface area (Å²) in [6, 6.07) is 9.22. The lowest BCUT2D eigenvalue weighted by atomic mass is 9.78. The minimum absolute atomic E-state index is 0. The van der Waals surface area contributed by atoms with Gasteiger partial charge < -0.3 is 15.4 Å². The molecule has 2 fully saturated rings. The van der Waals surface area contributed by atoms with Gasteiger partial charge in [-0.2, -0.15) is 0 Å². The number of halogens is 2. The Balaban J connectivity index is 0.00000225. The van der Waals surface area contributed by atoms with Gasteiger partial charge in [-0.05, 0) is 56.9 Å². The summed E-state index contributed by atoms with van der Waals surface area (Å²) in [7, 11) is 3.93. The monoisotopic (exact) mass is 459 g/mol. The zero-order valence-corrected chi connectivity index (χ0v) is 20.1. The Bertz CT molecular complexity index is 627. The van der Waals surface area contributed by atoms with Gasteiger partial charge >= 0.3 is 0 Å². The largest absolute Gasteiger partial charge is 0.384 e. The number of hydrogen-bond acceptors (Lipinski definition) is 4. The number of rotatable bonds is 8. The van der Waals surface area contributed by atoms with E-state index in [1.165, 1.54) is 43.2 Å². The molecule has 0 radical (unpaired) electrons. The Morgan fingerprint density at radius 1 is 1.13 bits per heavy atom. The minimum Gasteiger partial charge on any atom is -0.384 e. The average Bonchev–Trinajstić information content (AvgIpc) is 2.74. The Morgan fingerprint density at radius 2 is 1.77 bits per heavy atom. The summed E-state index contributed by atoms with van der Waals surface area (Å²) >= 11 is 0. The number of ether oxygens (including phenoxy) is 1. The molecule has 3 rings (SSSR count). The lowest BCUT2D eigenvalue weighted by molar-refractivity contribution is -0.136. The highest BCUT2D eigenvalue weighted by molar-refractivity contribution is 5.85. The predicted octanol–water partition coefficient (Wildman–Crippen LogP) is 3.93. The highest BCUT2D eigenvalue weighted by atomic mass is 35.5. The molecular weight excluding hydrogens is 421 g/mol. The molecule has 1 heterocycles. The van der Waals surface area contributed by atoms with E-state index >= 15 is 0 Å². The zero-order chi connectivity index (χ0) is 19.8. The molecule has 0 spiro atoms. The van der Waals surface area contributed by atoms with E-state index in [2.05, 4.69) is 46.8 Å². The van der Waals surface area contributed by atoms with Crippen molar-refractivity contribution in [3.05, 3.63) is 35.4 Å². The van der Waals surface area contributed by atoms with E-state index in [1.54, 1.807) is 7.11 Å². The number of amides is 1. The summed E-state index contributed by atoms with van der Waals surface area (Å²) in [5, 5.41) is 6.57. The highest BCUT2D eigenvalue weighted by Crippen LogP contribution is 2.30. The van der Waals surface area contributed by atoms with Crippen LogP contribution in [-0.4, -0.2) is 50.7 Å². The van der Waals surface area contributed by atoms with Crippen LogP contribution in [0, 0.1) is 5.41 Å².